The lowest BCUT2D eigenvalue weighted by atomic mass is 10.2. The van der Waals surface area contributed by atoms with E-state index in [-0.39, 0.29) is 11.8 Å². The summed E-state index contributed by atoms with van der Waals surface area (Å²) in [6, 6.07) is 1.76. The van der Waals surface area contributed by atoms with Crippen LogP contribution in [0.2, 0.25) is 0 Å². The van der Waals surface area contributed by atoms with Gasteiger partial charge in [-0.25, -0.2) is 0 Å². The van der Waals surface area contributed by atoms with E-state index in [1.54, 1.807) is 17.9 Å². The van der Waals surface area contributed by atoms with E-state index in [4.69, 9.17) is 9.15 Å². The lowest BCUT2D eigenvalue weighted by Gasteiger charge is -2.26. The van der Waals surface area contributed by atoms with E-state index in [1.165, 1.54) is 0 Å². The molecule has 0 aliphatic carbocycles. The number of carbonyl (C=O) groups is 2. The average Bonchev–Trinajstić information content (AvgIpc) is 2.98. The molecule has 2 amide bonds. The van der Waals surface area contributed by atoms with E-state index in [0.29, 0.717) is 37.4 Å². The molecule has 7 nitrogen and oxygen atoms in total. The Bertz CT molecular complexity index is 594. The van der Waals surface area contributed by atoms with Crippen LogP contribution in [0.1, 0.15) is 41.6 Å². The monoisotopic (exact) mass is 365 g/mol. The van der Waals surface area contributed by atoms with E-state index in [2.05, 4.69) is 10.2 Å². The van der Waals surface area contributed by atoms with Crippen LogP contribution in [0.3, 0.4) is 0 Å². The van der Waals surface area contributed by atoms with E-state index >= 15 is 0 Å². The first-order valence-corrected chi connectivity index (χ1v) is 9.44. The number of aryl methyl sites for hydroxylation is 2. The van der Waals surface area contributed by atoms with Gasteiger partial charge in [-0.05, 0) is 39.8 Å². The van der Waals surface area contributed by atoms with Gasteiger partial charge in [0.25, 0.3) is 5.91 Å². The molecule has 1 aliphatic rings. The topological polar surface area (TPSA) is 75.0 Å². The number of ether oxygens (including phenoxy) is 1. The fourth-order valence-corrected chi connectivity index (χ4v) is 3.10. The summed E-state index contributed by atoms with van der Waals surface area (Å²) in [5.41, 5.74) is 0.579. The Morgan fingerprint density at radius 3 is 2.62 bits per heavy atom. The highest BCUT2D eigenvalue weighted by Gasteiger charge is 2.20. The van der Waals surface area contributed by atoms with Crippen LogP contribution < -0.4 is 5.32 Å². The first-order chi connectivity index (χ1) is 12.5. The first-order valence-electron chi connectivity index (χ1n) is 9.44. The predicted molar refractivity (Wildman–Crippen MR) is 99.3 cm³/mol. The van der Waals surface area contributed by atoms with Crippen LogP contribution in [0, 0.1) is 13.8 Å². The summed E-state index contributed by atoms with van der Waals surface area (Å²) in [6.07, 6.45) is 1.24. The van der Waals surface area contributed by atoms with Gasteiger partial charge in [-0.2, -0.15) is 0 Å². The first kappa shape index (κ1) is 20.5. The van der Waals surface area contributed by atoms with Gasteiger partial charge in [0.1, 0.15) is 11.5 Å². The molecule has 146 valence electrons. The molecule has 0 aromatic carbocycles. The Hall–Kier alpha value is -1.86. The molecule has 0 radical (unpaired) electrons. The molecule has 1 aromatic heterocycles. The average molecular weight is 365 g/mol. The number of nitrogens with one attached hydrogen (secondary N) is 1. The Morgan fingerprint density at radius 2 is 2.00 bits per heavy atom. The Balaban J connectivity index is 1.67. The van der Waals surface area contributed by atoms with Crippen molar-refractivity contribution in [3.8, 4) is 0 Å². The van der Waals surface area contributed by atoms with Crippen molar-refractivity contribution in [2.45, 2.75) is 33.6 Å². The highest BCUT2D eigenvalue weighted by molar-refractivity contribution is 5.95. The van der Waals surface area contributed by atoms with Gasteiger partial charge in [-0.3, -0.25) is 14.5 Å². The molecule has 0 spiro atoms. The zero-order valence-corrected chi connectivity index (χ0v) is 16.2. The van der Waals surface area contributed by atoms with Crippen molar-refractivity contribution in [2.75, 3.05) is 52.5 Å². The summed E-state index contributed by atoms with van der Waals surface area (Å²) in [7, 11) is 0. The molecular weight excluding hydrogens is 334 g/mol. The maximum Gasteiger partial charge on any atom is 0.257 e. The van der Waals surface area contributed by atoms with E-state index < -0.39 is 0 Å². The van der Waals surface area contributed by atoms with Gasteiger partial charge >= 0.3 is 0 Å². The van der Waals surface area contributed by atoms with Crippen molar-refractivity contribution in [1.82, 2.24) is 15.1 Å². The number of nitrogens with zero attached hydrogens (tertiary/aromatic N) is 2. The number of rotatable bonds is 9. The summed E-state index contributed by atoms with van der Waals surface area (Å²) in [5, 5.41) is 2.94. The van der Waals surface area contributed by atoms with Gasteiger partial charge in [0.15, 0.2) is 0 Å². The minimum Gasteiger partial charge on any atom is -0.466 e. The zero-order chi connectivity index (χ0) is 18.9. The van der Waals surface area contributed by atoms with E-state index in [1.807, 2.05) is 13.8 Å². The van der Waals surface area contributed by atoms with Crippen molar-refractivity contribution in [1.29, 1.82) is 0 Å². The molecule has 0 saturated carbocycles. The summed E-state index contributed by atoms with van der Waals surface area (Å²) in [6.45, 7) is 11.7. The van der Waals surface area contributed by atoms with E-state index in [0.717, 1.165) is 45.0 Å². The quantitative estimate of drug-likeness (QED) is 0.673. The van der Waals surface area contributed by atoms with Crippen LogP contribution in [0.5, 0.6) is 0 Å². The molecule has 1 aromatic rings. The predicted octanol–water partition coefficient (Wildman–Crippen LogP) is 1.59. The van der Waals surface area contributed by atoms with Crippen LogP contribution in [0.25, 0.3) is 0 Å². The number of hydrogen-bond acceptors (Lipinski definition) is 5. The molecule has 0 bridgehead atoms. The van der Waals surface area contributed by atoms with Crippen LogP contribution in [-0.2, 0) is 9.53 Å². The van der Waals surface area contributed by atoms with Gasteiger partial charge in [-0.15, -0.1) is 0 Å². The molecule has 0 atom stereocenters. The largest absolute Gasteiger partial charge is 0.466 e. The van der Waals surface area contributed by atoms with Gasteiger partial charge in [0.2, 0.25) is 5.91 Å². The van der Waals surface area contributed by atoms with Crippen molar-refractivity contribution in [2.24, 2.45) is 0 Å². The Kier molecular flexibility index (Phi) is 8.12. The third kappa shape index (κ3) is 6.14. The Morgan fingerprint density at radius 1 is 1.27 bits per heavy atom. The smallest absolute Gasteiger partial charge is 0.257 e. The van der Waals surface area contributed by atoms with Crippen LogP contribution in [-0.4, -0.2) is 74.1 Å². The summed E-state index contributed by atoms with van der Waals surface area (Å²) in [5.74, 6) is 1.25. The van der Waals surface area contributed by atoms with Crippen molar-refractivity contribution >= 4 is 11.8 Å². The highest BCUT2D eigenvalue weighted by Crippen LogP contribution is 2.16. The third-order valence-electron chi connectivity index (χ3n) is 4.63. The fraction of sp³-hybridized carbons (Fsp3) is 0.684. The molecule has 1 saturated heterocycles. The molecule has 26 heavy (non-hydrogen) atoms. The van der Waals surface area contributed by atoms with Gasteiger partial charge in [-0.1, -0.05) is 0 Å². The van der Waals surface area contributed by atoms with Gasteiger partial charge < -0.3 is 19.4 Å². The van der Waals surface area contributed by atoms with Crippen molar-refractivity contribution in [3.05, 3.63) is 23.2 Å². The lowest BCUT2D eigenvalue weighted by molar-refractivity contribution is -0.121. The number of hydrogen-bond donors (Lipinski definition) is 1. The Labute approximate surface area is 155 Å². The number of amides is 2. The maximum absolute atomic E-state index is 12.6. The number of carbonyl (C=O) groups excluding carboxylic acids is 2. The summed E-state index contributed by atoms with van der Waals surface area (Å²) >= 11 is 0. The van der Waals surface area contributed by atoms with Gasteiger partial charge in [0.05, 0.1) is 18.8 Å². The molecule has 1 aliphatic heterocycles. The van der Waals surface area contributed by atoms with E-state index in [9.17, 15) is 9.59 Å². The second-order valence-corrected chi connectivity index (χ2v) is 6.62. The molecule has 2 rings (SSSR count). The maximum atomic E-state index is 12.6. The van der Waals surface area contributed by atoms with Gasteiger partial charge in [0, 0.05) is 39.1 Å². The molecular formula is C19H31N3O4. The third-order valence-corrected chi connectivity index (χ3v) is 4.63. The van der Waals surface area contributed by atoms with Crippen LogP contribution in [0.4, 0.5) is 0 Å². The second-order valence-electron chi connectivity index (χ2n) is 6.62. The summed E-state index contributed by atoms with van der Waals surface area (Å²) in [4.78, 5) is 28.7. The van der Waals surface area contributed by atoms with Crippen molar-refractivity contribution in [3.63, 3.8) is 0 Å². The van der Waals surface area contributed by atoms with Crippen LogP contribution in [0.15, 0.2) is 10.5 Å². The lowest BCUT2D eigenvalue weighted by Crippen LogP contribution is -2.38. The molecule has 1 N–H and O–H groups in total. The van der Waals surface area contributed by atoms with Crippen molar-refractivity contribution < 1.29 is 18.7 Å². The molecule has 1 fully saturated rings. The zero-order valence-electron chi connectivity index (χ0n) is 16.2. The number of morpholine rings is 1. The second kappa shape index (κ2) is 10.3. The fourth-order valence-electron chi connectivity index (χ4n) is 3.10. The molecule has 0 unspecified atom stereocenters. The summed E-state index contributed by atoms with van der Waals surface area (Å²) < 4.78 is 10.8. The van der Waals surface area contributed by atoms with Crippen LogP contribution >= 0.6 is 0 Å². The standard InChI is InChI=1S/C19H31N3O4/c1-4-22(19(24)17-14-15(2)26-16(17)3)9-6-18(23)20-7-5-8-21-10-12-25-13-11-21/h14H,4-13H2,1-3H3,(H,20,23). The highest BCUT2D eigenvalue weighted by atomic mass is 16.5. The minimum absolute atomic E-state index is 0.0154. The SMILES string of the molecule is CCN(CCC(=O)NCCCN1CCOCC1)C(=O)c1cc(C)oc1C. The molecule has 7 heteroatoms. The molecule has 2 heterocycles. The normalized spacial score (nSPS) is 15.0. The minimum atomic E-state index is -0.0815. The number of furan rings is 1.